The molecule has 180 valence electrons. The van der Waals surface area contributed by atoms with Crippen molar-refractivity contribution in [2.75, 3.05) is 13.2 Å². The molecule has 1 aliphatic rings. The van der Waals surface area contributed by atoms with E-state index in [-0.39, 0.29) is 17.8 Å². The minimum atomic E-state index is -5.08. The first-order valence-corrected chi connectivity index (χ1v) is 10.2. The first-order chi connectivity index (χ1) is 16.1. The molecular formula is C23H22F3N3O5. The summed E-state index contributed by atoms with van der Waals surface area (Å²) in [6, 6.07) is 16.5. The van der Waals surface area contributed by atoms with E-state index in [1.807, 2.05) is 22.9 Å². The smallest absolute Gasteiger partial charge is 0.490 e. The van der Waals surface area contributed by atoms with Gasteiger partial charge in [-0.25, -0.2) is 4.79 Å². The number of phenolic OH excluding ortho intramolecular Hbond substituents is 1. The highest BCUT2D eigenvalue weighted by Gasteiger charge is 2.38. The minimum absolute atomic E-state index is 0.0681. The Morgan fingerprint density at radius 1 is 1.15 bits per heavy atom. The van der Waals surface area contributed by atoms with Crippen LogP contribution in [0.1, 0.15) is 33.3 Å². The SMILES string of the molecule is O=C(NCC1OCCc2cn(Cc3ccccc3)nc21)c1cccc(O)c1.O=C(O)C(F)(F)F. The van der Waals surface area contributed by atoms with Crippen LogP contribution in [0.15, 0.2) is 60.8 Å². The van der Waals surface area contributed by atoms with Crippen molar-refractivity contribution < 1.29 is 37.7 Å². The van der Waals surface area contributed by atoms with Gasteiger partial charge in [0, 0.05) is 18.3 Å². The number of amides is 1. The minimum Gasteiger partial charge on any atom is -0.508 e. The van der Waals surface area contributed by atoms with E-state index in [0.717, 1.165) is 17.7 Å². The summed E-state index contributed by atoms with van der Waals surface area (Å²) in [6.07, 6.45) is -2.47. The molecule has 1 unspecified atom stereocenters. The van der Waals surface area contributed by atoms with Crippen molar-refractivity contribution >= 4 is 11.9 Å². The van der Waals surface area contributed by atoms with Crippen LogP contribution in [0.5, 0.6) is 5.75 Å². The number of rotatable bonds is 5. The number of aromatic nitrogens is 2. The number of aliphatic carboxylic acids is 1. The van der Waals surface area contributed by atoms with Crippen molar-refractivity contribution in [3.8, 4) is 5.75 Å². The van der Waals surface area contributed by atoms with Crippen LogP contribution in [0.25, 0.3) is 0 Å². The predicted molar refractivity (Wildman–Crippen MR) is 114 cm³/mol. The van der Waals surface area contributed by atoms with Crippen molar-refractivity contribution in [3.63, 3.8) is 0 Å². The zero-order valence-corrected chi connectivity index (χ0v) is 17.8. The van der Waals surface area contributed by atoms with E-state index in [2.05, 4.69) is 23.6 Å². The molecule has 1 atom stereocenters. The predicted octanol–water partition coefficient (Wildman–Crippen LogP) is 3.31. The Kier molecular flexibility index (Phi) is 7.90. The zero-order valence-electron chi connectivity index (χ0n) is 17.8. The molecule has 11 heteroatoms. The second-order valence-electron chi connectivity index (χ2n) is 7.40. The van der Waals surface area contributed by atoms with Gasteiger partial charge in [0.05, 0.1) is 18.8 Å². The lowest BCUT2D eigenvalue weighted by molar-refractivity contribution is -0.192. The molecule has 1 aliphatic heterocycles. The Labute approximate surface area is 192 Å². The first-order valence-electron chi connectivity index (χ1n) is 10.2. The number of fused-ring (bicyclic) bond motifs is 1. The summed E-state index contributed by atoms with van der Waals surface area (Å²) in [4.78, 5) is 21.2. The number of phenols is 1. The number of aromatic hydroxyl groups is 1. The van der Waals surface area contributed by atoms with Crippen molar-refractivity contribution in [3.05, 3.63) is 83.2 Å². The number of alkyl halides is 3. The molecule has 3 N–H and O–H groups in total. The number of ether oxygens (including phenoxy) is 1. The third-order valence-corrected chi connectivity index (χ3v) is 4.85. The Morgan fingerprint density at radius 3 is 2.50 bits per heavy atom. The van der Waals surface area contributed by atoms with Crippen LogP contribution in [0.4, 0.5) is 13.2 Å². The second kappa shape index (κ2) is 10.8. The third-order valence-electron chi connectivity index (χ3n) is 4.85. The summed E-state index contributed by atoms with van der Waals surface area (Å²) < 4.78 is 39.5. The number of benzene rings is 2. The molecule has 0 saturated carbocycles. The normalized spacial score (nSPS) is 15.0. The maximum atomic E-state index is 12.3. The summed E-state index contributed by atoms with van der Waals surface area (Å²) >= 11 is 0. The highest BCUT2D eigenvalue weighted by Crippen LogP contribution is 2.25. The van der Waals surface area contributed by atoms with Crippen LogP contribution in [-0.4, -0.2) is 51.2 Å². The molecule has 2 heterocycles. The Balaban J connectivity index is 0.000000406. The molecule has 0 bridgehead atoms. The van der Waals surface area contributed by atoms with E-state index < -0.39 is 12.1 Å². The molecule has 0 fully saturated rings. The van der Waals surface area contributed by atoms with Crippen molar-refractivity contribution in [2.24, 2.45) is 0 Å². The summed E-state index contributed by atoms with van der Waals surface area (Å²) in [7, 11) is 0. The fourth-order valence-corrected chi connectivity index (χ4v) is 3.27. The van der Waals surface area contributed by atoms with Gasteiger partial charge in [-0.15, -0.1) is 0 Å². The molecule has 4 rings (SSSR count). The van der Waals surface area contributed by atoms with Gasteiger partial charge in [0.25, 0.3) is 5.91 Å². The fourth-order valence-electron chi connectivity index (χ4n) is 3.27. The Morgan fingerprint density at radius 2 is 1.85 bits per heavy atom. The van der Waals surface area contributed by atoms with Gasteiger partial charge in [-0.05, 0) is 35.7 Å². The summed E-state index contributed by atoms with van der Waals surface area (Å²) in [5.41, 5.74) is 3.65. The molecule has 8 nitrogen and oxygen atoms in total. The van der Waals surface area contributed by atoms with E-state index in [4.69, 9.17) is 19.7 Å². The fraction of sp³-hybridized carbons (Fsp3) is 0.261. The highest BCUT2D eigenvalue weighted by atomic mass is 19.4. The number of carboxylic acids is 1. The van der Waals surface area contributed by atoms with Crippen LogP contribution in [-0.2, 0) is 22.5 Å². The number of carbonyl (C=O) groups excluding carboxylic acids is 1. The summed E-state index contributed by atoms with van der Waals surface area (Å²) in [5, 5.41) is 24.2. The largest absolute Gasteiger partial charge is 0.508 e. The van der Waals surface area contributed by atoms with Gasteiger partial charge < -0.3 is 20.3 Å². The van der Waals surface area contributed by atoms with Gasteiger partial charge >= 0.3 is 12.1 Å². The van der Waals surface area contributed by atoms with Gasteiger partial charge in [0.2, 0.25) is 0 Å². The van der Waals surface area contributed by atoms with Crippen LogP contribution in [0, 0.1) is 0 Å². The standard InChI is InChI=1S/C21H21N3O3.C2HF3O2/c25-18-8-4-7-16(11-18)21(26)22-12-19-20-17(9-10-27-19)14-24(23-20)13-15-5-2-1-3-6-15;3-2(4,5)1(6)7/h1-8,11,14,19,25H,9-10,12-13H2,(H,22,26);(H,6,7). The lowest BCUT2D eigenvalue weighted by Crippen LogP contribution is -2.31. The Hall–Kier alpha value is -3.86. The van der Waals surface area contributed by atoms with Gasteiger partial charge in [0.1, 0.15) is 11.9 Å². The molecule has 0 saturated heterocycles. The van der Waals surface area contributed by atoms with Crippen LogP contribution >= 0.6 is 0 Å². The topological polar surface area (TPSA) is 114 Å². The molecule has 0 radical (unpaired) electrons. The molecule has 3 aromatic rings. The highest BCUT2D eigenvalue weighted by molar-refractivity contribution is 5.94. The van der Waals surface area contributed by atoms with Crippen LogP contribution in [0.2, 0.25) is 0 Å². The third kappa shape index (κ3) is 6.82. The first kappa shape index (κ1) is 24.8. The maximum Gasteiger partial charge on any atom is 0.490 e. The van der Waals surface area contributed by atoms with Gasteiger partial charge in [0.15, 0.2) is 0 Å². The number of carbonyl (C=O) groups is 2. The van der Waals surface area contributed by atoms with E-state index in [9.17, 15) is 23.1 Å². The molecule has 34 heavy (non-hydrogen) atoms. The lowest BCUT2D eigenvalue weighted by Gasteiger charge is -2.22. The van der Waals surface area contributed by atoms with Gasteiger partial charge in [-0.1, -0.05) is 36.4 Å². The number of nitrogens with zero attached hydrogens (tertiary/aromatic N) is 2. The van der Waals surface area contributed by atoms with Gasteiger partial charge in [-0.2, -0.15) is 18.3 Å². The number of nitrogens with one attached hydrogen (secondary N) is 1. The van der Waals surface area contributed by atoms with Crippen molar-refractivity contribution in [1.82, 2.24) is 15.1 Å². The molecule has 1 aromatic heterocycles. The van der Waals surface area contributed by atoms with Gasteiger partial charge in [-0.3, -0.25) is 9.48 Å². The summed E-state index contributed by atoms with van der Waals surface area (Å²) in [6.45, 7) is 1.65. The molecular weight excluding hydrogens is 455 g/mol. The van der Waals surface area contributed by atoms with Crippen LogP contribution < -0.4 is 5.32 Å². The van der Waals surface area contributed by atoms with E-state index in [1.54, 1.807) is 12.1 Å². The second-order valence-corrected chi connectivity index (χ2v) is 7.40. The lowest BCUT2D eigenvalue weighted by atomic mass is 10.1. The Bertz CT molecular complexity index is 1130. The number of hydrogen-bond donors (Lipinski definition) is 3. The van der Waals surface area contributed by atoms with E-state index in [0.29, 0.717) is 25.3 Å². The number of carboxylic acid groups (broad SMARTS) is 1. The number of halogens is 3. The summed E-state index contributed by atoms with van der Waals surface area (Å²) in [5.74, 6) is -2.93. The number of hydrogen-bond acceptors (Lipinski definition) is 5. The van der Waals surface area contributed by atoms with E-state index in [1.165, 1.54) is 17.7 Å². The van der Waals surface area contributed by atoms with Crippen LogP contribution in [0.3, 0.4) is 0 Å². The maximum absolute atomic E-state index is 12.3. The molecule has 0 aliphatic carbocycles. The van der Waals surface area contributed by atoms with Crippen molar-refractivity contribution in [2.45, 2.75) is 25.2 Å². The average Bonchev–Trinajstić information content (AvgIpc) is 3.21. The molecule has 0 spiro atoms. The monoisotopic (exact) mass is 477 g/mol. The van der Waals surface area contributed by atoms with E-state index >= 15 is 0 Å². The average molecular weight is 477 g/mol. The zero-order chi connectivity index (χ0) is 24.7. The van der Waals surface area contributed by atoms with Crippen molar-refractivity contribution in [1.29, 1.82) is 0 Å². The quantitative estimate of drug-likeness (QED) is 0.520. The molecule has 1 amide bonds. The molecule has 2 aromatic carbocycles.